The Morgan fingerprint density at radius 3 is 2.54 bits per heavy atom. The molecule has 0 atom stereocenters. The van der Waals surface area contributed by atoms with Crippen molar-refractivity contribution in [2.75, 3.05) is 0 Å². The number of benzene rings is 1. The zero-order valence-corrected chi connectivity index (χ0v) is 13.4. The van der Waals surface area contributed by atoms with E-state index in [1.165, 1.54) is 0 Å². The number of nitrogens with one attached hydrogen (secondary N) is 1. The van der Waals surface area contributed by atoms with Gasteiger partial charge in [0.1, 0.15) is 0 Å². The second kappa shape index (κ2) is 6.86. The summed E-state index contributed by atoms with van der Waals surface area (Å²) in [4.78, 5) is 23.5. The second-order valence-corrected chi connectivity index (χ2v) is 6.36. The van der Waals surface area contributed by atoms with Gasteiger partial charge in [0.2, 0.25) is 5.91 Å². The largest absolute Gasteiger partial charge is 0.481 e. The van der Waals surface area contributed by atoms with Gasteiger partial charge < -0.3 is 10.4 Å². The predicted octanol–water partition coefficient (Wildman–Crippen LogP) is 2.19. The summed E-state index contributed by atoms with van der Waals surface area (Å²) in [6.45, 7) is 1.03. The van der Waals surface area contributed by atoms with Gasteiger partial charge in [-0.25, -0.2) is 0 Å². The maximum Gasteiger partial charge on any atom is 0.310 e. The van der Waals surface area contributed by atoms with Crippen LogP contribution in [0.4, 0.5) is 0 Å². The van der Waals surface area contributed by atoms with Crippen molar-refractivity contribution in [3.8, 4) is 0 Å². The average molecular weight is 327 g/mol. The Balaban J connectivity index is 1.60. The molecule has 2 N–H and O–H groups in total. The Kier molecular flexibility index (Phi) is 4.64. The molecular weight excluding hydrogens is 306 g/mol. The lowest BCUT2D eigenvalue weighted by atomic mass is 9.66. The predicted molar refractivity (Wildman–Crippen MR) is 88.2 cm³/mol. The summed E-state index contributed by atoms with van der Waals surface area (Å²) in [7, 11) is 0. The summed E-state index contributed by atoms with van der Waals surface area (Å²) in [5.41, 5.74) is 1.25. The summed E-state index contributed by atoms with van der Waals surface area (Å²) in [6, 6.07) is 9.73. The molecule has 1 aromatic heterocycles. The first-order chi connectivity index (χ1) is 11.6. The van der Waals surface area contributed by atoms with Gasteiger partial charge in [-0.3, -0.25) is 14.3 Å². The fourth-order valence-corrected chi connectivity index (χ4v) is 3.09. The molecule has 24 heavy (non-hydrogen) atoms. The van der Waals surface area contributed by atoms with E-state index in [0.29, 0.717) is 25.9 Å². The van der Waals surface area contributed by atoms with Gasteiger partial charge in [0.15, 0.2) is 0 Å². The molecule has 0 aliphatic heterocycles. The zero-order chi connectivity index (χ0) is 17.0. The van der Waals surface area contributed by atoms with Crippen LogP contribution in [0.2, 0.25) is 0 Å². The van der Waals surface area contributed by atoms with Crippen molar-refractivity contribution in [2.24, 2.45) is 5.41 Å². The maximum absolute atomic E-state index is 12.2. The molecule has 6 nitrogen and oxygen atoms in total. The molecule has 1 aliphatic carbocycles. The van der Waals surface area contributed by atoms with Crippen LogP contribution >= 0.6 is 0 Å². The Labute approximate surface area is 140 Å². The third-order valence-electron chi connectivity index (χ3n) is 4.75. The van der Waals surface area contributed by atoms with E-state index in [1.807, 2.05) is 41.2 Å². The van der Waals surface area contributed by atoms with E-state index in [2.05, 4.69) is 10.4 Å². The average Bonchev–Trinajstić information content (AvgIpc) is 3.02. The lowest BCUT2D eigenvalue weighted by Gasteiger charge is -2.36. The number of rotatable bonds is 7. The number of carbonyl (C=O) groups is 2. The van der Waals surface area contributed by atoms with Crippen molar-refractivity contribution < 1.29 is 14.7 Å². The molecule has 0 radical (unpaired) electrons. The second-order valence-electron chi connectivity index (χ2n) is 6.36. The first-order valence-electron chi connectivity index (χ1n) is 8.13. The summed E-state index contributed by atoms with van der Waals surface area (Å²) < 4.78 is 1.83. The molecule has 1 fully saturated rings. The highest BCUT2D eigenvalue weighted by atomic mass is 16.4. The van der Waals surface area contributed by atoms with Crippen LogP contribution in [0.1, 0.15) is 36.8 Å². The van der Waals surface area contributed by atoms with Crippen LogP contribution in [0.3, 0.4) is 0 Å². The molecule has 1 heterocycles. The summed E-state index contributed by atoms with van der Waals surface area (Å²) in [6.07, 6.45) is 5.74. The highest BCUT2D eigenvalue weighted by molar-refractivity contribution is 5.85. The quantitative estimate of drug-likeness (QED) is 0.816. The fourth-order valence-electron chi connectivity index (χ4n) is 3.09. The minimum atomic E-state index is -0.858. The standard InChI is InChI=1S/C18H21N3O3/c22-16(11-18(17(23)24)7-3-8-18)19-12-14-5-1-2-6-15(14)13-21-10-4-9-20-21/h1-2,4-6,9-10H,3,7-8,11-13H2,(H,19,22)(H,23,24). The number of aliphatic carboxylic acids is 1. The van der Waals surface area contributed by atoms with Gasteiger partial charge in [0.05, 0.1) is 12.0 Å². The van der Waals surface area contributed by atoms with Crippen molar-refractivity contribution in [1.82, 2.24) is 15.1 Å². The first-order valence-corrected chi connectivity index (χ1v) is 8.13. The van der Waals surface area contributed by atoms with E-state index in [-0.39, 0.29) is 12.3 Å². The van der Waals surface area contributed by atoms with Crippen molar-refractivity contribution in [3.63, 3.8) is 0 Å². The molecule has 6 heteroatoms. The topological polar surface area (TPSA) is 84.2 Å². The summed E-state index contributed by atoms with van der Waals surface area (Å²) >= 11 is 0. The molecule has 2 aromatic rings. The number of amides is 1. The monoisotopic (exact) mass is 327 g/mol. The van der Waals surface area contributed by atoms with Crippen LogP contribution in [0.15, 0.2) is 42.7 Å². The molecule has 126 valence electrons. The van der Waals surface area contributed by atoms with Gasteiger partial charge in [0.25, 0.3) is 0 Å². The number of hydrogen-bond donors (Lipinski definition) is 2. The third-order valence-corrected chi connectivity index (χ3v) is 4.75. The van der Waals surface area contributed by atoms with E-state index in [4.69, 9.17) is 0 Å². The van der Waals surface area contributed by atoms with E-state index in [0.717, 1.165) is 17.5 Å². The number of carboxylic acid groups (broad SMARTS) is 1. The van der Waals surface area contributed by atoms with E-state index in [9.17, 15) is 14.7 Å². The van der Waals surface area contributed by atoms with Gasteiger partial charge >= 0.3 is 5.97 Å². The number of carbonyl (C=O) groups excluding carboxylic acids is 1. The molecule has 1 amide bonds. The maximum atomic E-state index is 12.2. The van der Waals surface area contributed by atoms with Gasteiger partial charge in [-0.1, -0.05) is 30.7 Å². The van der Waals surface area contributed by atoms with Crippen molar-refractivity contribution in [1.29, 1.82) is 0 Å². The molecule has 0 spiro atoms. The Bertz CT molecular complexity index is 721. The molecule has 0 bridgehead atoms. The van der Waals surface area contributed by atoms with Crippen LogP contribution in [0, 0.1) is 5.41 Å². The molecule has 0 saturated heterocycles. The lowest BCUT2D eigenvalue weighted by molar-refractivity contribution is -0.157. The smallest absolute Gasteiger partial charge is 0.310 e. The highest BCUT2D eigenvalue weighted by Crippen LogP contribution is 2.44. The van der Waals surface area contributed by atoms with Crippen molar-refractivity contribution >= 4 is 11.9 Å². The van der Waals surface area contributed by atoms with E-state index >= 15 is 0 Å². The van der Waals surface area contributed by atoms with Crippen LogP contribution in [-0.2, 0) is 22.7 Å². The lowest BCUT2D eigenvalue weighted by Crippen LogP contribution is -2.42. The molecular formula is C18H21N3O3. The van der Waals surface area contributed by atoms with E-state index in [1.54, 1.807) is 6.20 Å². The molecule has 3 rings (SSSR count). The molecule has 0 unspecified atom stereocenters. The van der Waals surface area contributed by atoms with Gasteiger partial charge in [-0.05, 0) is 30.0 Å². The summed E-state index contributed by atoms with van der Waals surface area (Å²) in [5, 5.41) is 16.4. The normalized spacial score (nSPS) is 15.5. The third kappa shape index (κ3) is 3.48. The summed E-state index contributed by atoms with van der Waals surface area (Å²) in [5.74, 6) is -1.06. The number of aromatic nitrogens is 2. The van der Waals surface area contributed by atoms with Crippen LogP contribution in [-0.4, -0.2) is 26.8 Å². The Morgan fingerprint density at radius 1 is 1.21 bits per heavy atom. The van der Waals surface area contributed by atoms with Crippen LogP contribution < -0.4 is 5.32 Å². The minimum absolute atomic E-state index is 0.0592. The number of hydrogen-bond acceptors (Lipinski definition) is 3. The van der Waals surface area contributed by atoms with Crippen molar-refractivity contribution in [3.05, 3.63) is 53.9 Å². The van der Waals surface area contributed by atoms with Gasteiger partial charge in [-0.15, -0.1) is 0 Å². The molecule has 1 aliphatic rings. The SMILES string of the molecule is O=C(CC1(C(=O)O)CCC1)NCc1ccccc1Cn1cccn1. The fraction of sp³-hybridized carbons (Fsp3) is 0.389. The van der Waals surface area contributed by atoms with Crippen LogP contribution in [0.5, 0.6) is 0 Å². The van der Waals surface area contributed by atoms with Gasteiger partial charge in [-0.2, -0.15) is 5.10 Å². The highest BCUT2D eigenvalue weighted by Gasteiger charge is 2.45. The number of nitrogens with zero attached hydrogens (tertiary/aromatic N) is 2. The van der Waals surface area contributed by atoms with Crippen molar-refractivity contribution in [2.45, 2.75) is 38.8 Å². The van der Waals surface area contributed by atoms with E-state index < -0.39 is 11.4 Å². The molecule has 1 aromatic carbocycles. The zero-order valence-electron chi connectivity index (χ0n) is 13.4. The number of carboxylic acids is 1. The molecule has 1 saturated carbocycles. The first kappa shape index (κ1) is 16.2. The minimum Gasteiger partial charge on any atom is -0.481 e. The Morgan fingerprint density at radius 2 is 1.96 bits per heavy atom. The Hall–Kier alpha value is -2.63. The van der Waals surface area contributed by atoms with Gasteiger partial charge in [0, 0.05) is 25.4 Å². The van der Waals surface area contributed by atoms with Crippen LogP contribution in [0.25, 0.3) is 0 Å².